The number of amides is 1. The quantitative estimate of drug-likeness (QED) is 0.422. The molecule has 184 valence electrons. The number of fused-ring (bicyclic) bond motifs is 1. The third kappa shape index (κ3) is 4.34. The van der Waals surface area contributed by atoms with Gasteiger partial charge in [0.2, 0.25) is 0 Å². The summed E-state index contributed by atoms with van der Waals surface area (Å²) in [5, 5.41) is 10.6. The molecule has 0 aliphatic carbocycles. The lowest BCUT2D eigenvalue weighted by Crippen LogP contribution is -2.25. The molecule has 4 aromatic rings. The van der Waals surface area contributed by atoms with E-state index in [0.717, 1.165) is 35.4 Å². The predicted molar refractivity (Wildman–Crippen MR) is 135 cm³/mol. The van der Waals surface area contributed by atoms with E-state index in [1.165, 1.54) is 19.0 Å². The van der Waals surface area contributed by atoms with E-state index in [4.69, 9.17) is 0 Å². The van der Waals surface area contributed by atoms with Crippen molar-refractivity contribution in [2.75, 3.05) is 41.3 Å². The van der Waals surface area contributed by atoms with Crippen LogP contribution in [0.25, 0.3) is 22.0 Å². The van der Waals surface area contributed by atoms with Gasteiger partial charge in [-0.25, -0.2) is 13.8 Å². The smallest absolute Gasteiger partial charge is 0.276 e. The molecule has 36 heavy (non-hydrogen) atoms. The van der Waals surface area contributed by atoms with Gasteiger partial charge in [-0.05, 0) is 48.7 Å². The van der Waals surface area contributed by atoms with Crippen molar-refractivity contribution in [1.29, 1.82) is 0 Å². The molecule has 1 aromatic carbocycles. The largest absolute Gasteiger partial charge is 0.370 e. The third-order valence-electron chi connectivity index (χ3n) is 6.81. The first-order valence-electron chi connectivity index (χ1n) is 12.0. The summed E-state index contributed by atoms with van der Waals surface area (Å²) in [6, 6.07) is 11.2. The maximum Gasteiger partial charge on any atom is 0.276 e. The number of H-pyrrole nitrogens is 1. The number of pyridine rings is 2. The lowest BCUT2D eigenvalue weighted by molar-refractivity contribution is 0.0256. The van der Waals surface area contributed by atoms with Crippen molar-refractivity contribution in [3.05, 3.63) is 60.7 Å². The number of carbonyl (C=O) groups is 1. The van der Waals surface area contributed by atoms with E-state index in [0.29, 0.717) is 16.9 Å². The van der Waals surface area contributed by atoms with E-state index in [1.54, 1.807) is 17.0 Å². The van der Waals surface area contributed by atoms with Crippen molar-refractivity contribution in [2.24, 2.45) is 0 Å². The average molecular weight is 490 g/mol. The molecule has 0 unspecified atom stereocenters. The Morgan fingerprint density at radius 3 is 2.58 bits per heavy atom. The van der Waals surface area contributed by atoms with Gasteiger partial charge in [0.1, 0.15) is 5.82 Å². The summed E-state index contributed by atoms with van der Waals surface area (Å²) in [6.07, 6.45) is 7.38. The topological polar surface area (TPSA) is 90.0 Å². The summed E-state index contributed by atoms with van der Waals surface area (Å²) >= 11 is 0. The summed E-state index contributed by atoms with van der Waals surface area (Å²) in [4.78, 5) is 25.6. The average Bonchev–Trinajstić information content (AvgIpc) is 3.64. The minimum atomic E-state index is -2.69. The highest BCUT2D eigenvalue weighted by Gasteiger charge is 2.38. The van der Waals surface area contributed by atoms with Crippen molar-refractivity contribution in [1.82, 2.24) is 20.2 Å². The van der Waals surface area contributed by atoms with Gasteiger partial charge in [-0.15, -0.1) is 0 Å². The van der Waals surface area contributed by atoms with E-state index in [9.17, 15) is 13.6 Å². The summed E-state index contributed by atoms with van der Waals surface area (Å²) in [5.74, 6) is -2.62. The standard InChI is InChI=1S/C26H25F2N7O/c27-26(28)7-10-35(16-26)23-6-4-19(14-30-23)31-25(36)24-21-12-17(3-5-22(21)32-33-24)18-11-20(15-29-13-18)34-8-1-2-9-34/h3-6,11-15H,1-2,7-10,16H2,(H,31,36)(H,32,33). The maximum atomic E-state index is 13.5. The van der Waals surface area contributed by atoms with Crippen LogP contribution >= 0.6 is 0 Å². The van der Waals surface area contributed by atoms with Gasteiger partial charge in [0, 0.05) is 43.2 Å². The van der Waals surface area contributed by atoms with Crippen LogP contribution in [0, 0.1) is 0 Å². The Morgan fingerprint density at radius 2 is 1.83 bits per heavy atom. The summed E-state index contributed by atoms with van der Waals surface area (Å²) < 4.78 is 27.0. The molecule has 0 atom stereocenters. The minimum Gasteiger partial charge on any atom is -0.370 e. The predicted octanol–water partition coefficient (Wildman–Crippen LogP) is 4.72. The van der Waals surface area contributed by atoms with Crippen LogP contribution in [0.1, 0.15) is 29.8 Å². The molecule has 0 bridgehead atoms. The molecule has 10 heteroatoms. The number of alkyl halides is 2. The first-order valence-corrected chi connectivity index (χ1v) is 12.0. The van der Waals surface area contributed by atoms with Crippen LogP contribution in [-0.2, 0) is 0 Å². The fraction of sp³-hybridized carbons (Fsp3) is 0.308. The normalized spacial score (nSPS) is 17.2. The van der Waals surface area contributed by atoms with Gasteiger partial charge < -0.3 is 15.1 Å². The summed E-state index contributed by atoms with van der Waals surface area (Å²) in [5.41, 5.74) is 4.49. The Hall–Kier alpha value is -4.08. The number of hydrogen-bond donors (Lipinski definition) is 2. The maximum absolute atomic E-state index is 13.5. The summed E-state index contributed by atoms with van der Waals surface area (Å²) in [6.45, 7) is 1.99. The van der Waals surface area contributed by atoms with Crippen LogP contribution in [0.4, 0.5) is 26.0 Å². The number of nitrogens with one attached hydrogen (secondary N) is 2. The van der Waals surface area contributed by atoms with Crippen LogP contribution in [-0.4, -0.2) is 58.2 Å². The van der Waals surface area contributed by atoms with E-state index < -0.39 is 5.92 Å². The molecule has 0 spiro atoms. The van der Waals surface area contributed by atoms with Gasteiger partial charge in [-0.3, -0.25) is 14.9 Å². The number of carbonyl (C=O) groups excluding carboxylic acids is 1. The van der Waals surface area contributed by atoms with Gasteiger partial charge in [0.05, 0.1) is 35.8 Å². The number of nitrogens with zero attached hydrogens (tertiary/aromatic N) is 5. The van der Waals surface area contributed by atoms with Crippen molar-refractivity contribution in [3.8, 4) is 11.1 Å². The van der Waals surface area contributed by atoms with Gasteiger partial charge in [-0.2, -0.15) is 5.10 Å². The fourth-order valence-corrected chi connectivity index (χ4v) is 4.87. The van der Waals surface area contributed by atoms with Crippen LogP contribution in [0.2, 0.25) is 0 Å². The van der Waals surface area contributed by atoms with E-state index in [1.807, 2.05) is 30.6 Å². The van der Waals surface area contributed by atoms with Gasteiger partial charge in [-0.1, -0.05) is 6.07 Å². The molecule has 0 radical (unpaired) electrons. The lowest BCUT2D eigenvalue weighted by Gasteiger charge is -2.17. The number of anilines is 3. The van der Waals surface area contributed by atoms with Gasteiger partial charge in [0.15, 0.2) is 5.69 Å². The minimum absolute atomic E-state index is 0.181. The van der Waals surface area contributed by atoms with Crippen molar-refractivity contribution in [3.63, 3.8) is 0 Å². The van der Waals surface area contributed by atoms with Crippen LogP contribution in [0.3, 0.4) is 0 Å². The zero-order chi connectivity index (χ0) is 24.7. The SMILES string of the molecule is O=C(Nc1ccc(N2CCC(F)(F)C2)nc1)c1n[nH]c2ccc(-c3cncc(N4CCCC4)c3)cc12. The Labute approximate surface area is 206 Å². The van der Waals surface area contributed by atoms with E-state index in [2.05, 4.69) is 36.4 Å². The second-order valence-corrected chi connectivity index (χ2v) is 9.35. The summed E-state index contributed by atoms with van der Waals surface area (Å²) in [7, 11) is 0. The van der Waals surface area contributed by atoms with Crippen molar-refractivity contribution in [2.45, 2.75) is 25.2 Å². The highest BCUT2D eigenvalue weighted by atomic mass is 19.3. The highest BCUT2D eigenvalue weighted by Crippen LogP contribution is 2.31. The zero-order valence-electron chi connectivity index (χ0n) is 19.5. The molecule has 1 amide bonds. The molecular formula is C26H25F2N7O. The number of aromatic amines is 1. The van der Waals surface area contributed by atoms with Gasteiger partial charge in [0.25, 0.3) is 11.8 Å². The monoisotopic (exact) mass is 489 g/mol. The lowest BCUT2D eigenvalue weighted by atomic mass is 10.0. The first kappa shape index (κ1) is 22.4. The van der Waals surface area contributed by atoms with Crippen LogP contribution in [0.15, 0.2) is 55.0 Å². The number of rotatable bonds is 5. The molecule has 2 saturated heterocycles. The third-order valence-corrected chi connectivity index (χ3v) is 6.81. The molecule has 6 rings (SSSR count). The zero-order valence-corrected chi connectivity index (χ0v) is 19.5. The molecule has 2 aliphatic heterocycles. The molecule has 8 nitrogen and oxygen atoms in total. The Kier molecular flexibility index (Phi) is 5.50. The number of benzene rings is 1. The van der Waals surface area contributed by atoms with Crippen LogP contribution in [0.5, 0.6) is 0 Å². The fourth-order valence-electron chi connectivity index (χ4n) is 4.87. The molecule has 2 N–H and O–H groups in total. The van der Waals surface area contributed by atoms with E-state index >= 15 is 0 Å². The molecule has 0 saturated carbocycles. The molecule has 2 aliphatic rings. The molecule has 5 heterocycles. The number of halogens is 2. The van der Waals surface area contributed by atoms with Crippen LogP contribution < -0.4 is 15.1 Å². The van der Waals surface area contributed by atoms with Gasteiger partial charge >= 0.3 is 0 Å². The molecule has 2 fully saturated rings. The second kappa shape index (κ2) is 8.85. The number of hydrogen-bond acceptors (Lipinski definition) is 6. The molecule has 3 aromatic heterocycles. The van der Waals surface area contributed by atoms with Crippen molar-refractivity contribution < 1.29 is 13.6 Å². The van der Waals surface area contributed by atoms with E-state index in [-0.39, 0.29) is 31.1 Å². The Bertz CT molecular complexity index is 1410. The Morgan fingerprint density at radius 1 is 0.972 bits per heavy atom. The van der Waals surface area contributed by atoms with Crippen molar-refractivity contribution >= 4 is 34.0 Å². The second-order valence-electron chi connectivity index (χ2n) is 9.35. The number of aromatic nitrogens is 4. The highest BCUT2D eigenvalue weighted by molar-refractivity contribution is 6.11. The Balaban J connectivity index is 1.21. The first-order chi connectivity index (χ1) is 17.4. The molecular weight excluding hydrogens is 464 g/mol.